The molecule has 5 heteroatoms. The predicted octanol–water partition coefficient (Wildman–Crippen LogP) is 2.38. The normalized spacial score (nSPS) is 10.7. The van der Waals surface area contributed by atoms with Gasteiger partial charge in [-0.1, -0.05) is 15.9 Å². The third-order valence-electron chi connectivity index (χ3n) is 2.56. The second-order valence-corrected chi connectivity index (χ2v) is 4.95. The van der Waals surface area contributed by atoms with Crippen LogP contribution >= 0.6 is 15.9 Å². The second kappa shape index (κ2) is 10.2. The maximum atomic E-state index is 5.68. The quantitative estimate of drug-likeness (QED) is 0.669. The standard InChI is InChI=1S/C14H22BrNO3/c1-17-9-10-18-7-2-8-19-13-3-4-14(15)12(11-13)5-6-16/h3-4,11H,2,5-10,16H2,1H3. The first-order valence-corrected chi connectivity index (χ1v) is 7.25. The van der Waals surface area contributed by atoms with Crippen LogP contribution in [0.25, 0.3) is 0 Å². The van der Waals surface area contributed by atoms with Gasteiger partial charge in [0.15, 0.2) is 0 Å². The maximum Gasteiger partial charge on any atom is 0.119 e. The Labute approximate surface area is 123 Å². The molecule has 1 aromatic rings. The number of benzene rings is 1. The summed E-state index contributed by atoms with van der Waals surface area (Å²) < 4.78 is 17.0. The van der Waals surface area contributed by atoms with Crippen LogP contribution in [0.4, 0.5) is 0 Å². The molecule has 1 rings (SSSR count). The van der Waals surface area contributed by atoms with Crippen molar-refractivity contribution in [3.05, 3.63) is 28.2 Å². The summed E-state index contributed by atoms with van der Waals surface area (Å²) in [4.78, 5) is 0. The first-order chi connectivity index (χ1) is 9.27. The zero-order valence-corrected chi connectivity index (χ0v) is 12.9. The van der Waals surface area contributed by atoms with Gasteiger partial charge >= 0.3 is 0 Å². The number of hydrogen-bond acceptors (Lipinski definition) is 4. The minimum atomic E-state index is 0.634. The number of halogens is 1. The molecule has 2 N–H and O–H groups in total. The summed E-state index contributed by atoms with van der Waals surface area (Å²) in [6, 6.07) is 5.98. The number of methoxy groups -OCH3 is 1. The van der Waals surface area contributed by atoms with E-state index in [0.29, 0.717) is 33.0 Å². The lowest BCUT2D eigenvalue weighted by Crippen LogP contribution is -2.07. The monoisotopic (exact) mass is 331 g/mol. The van der Waals surface area contributed by atoms with Gasteiger partial charge in [-0.25, -0.2) is 0 Å². The van der Waals surface area contributed by atoms with Gasteiger partial charge in [0, 0.05) is 24.6 Å². The average molecular weight is 332 g/mol. The number of nitrogens with two attached hydrogens (primary N) is 1. The van der Waals surface area contributed by atoms with Crippen LogP contribution in [0.3, 0.4) is 0 Å². The Morgan fingerprint density at radius 2 is 2.00 bits per heavy atom. The molecule has 0 heterocycles. The Bertz CT molecular complexity index is 361. The smallest absolute Gasteiger partial charge is 0.119 e. The van der Waals surface area contributed by atoms with E-state index in [1.807, 2.05) is 18.2 Å². The van der Waals surface area contributed by atoms with Crippen molar-refractivity contribution in [2.75, 3.05) is 40.1 Å². The highest BCUT2D eigenvalue weighted by Crippen LogP contribution is 2.22. The molecular weight excluding hydrogens is 310 g/mol. The van der Waals surface area contributed by atoms with E-state index in [9.17, 15) is 0 Å². The van der Waals surface area contributed by atoms with Crippen LogP contribution in [-0.2, 0) is 15.9 Å². The molecule has 0 saturated carbocycles. The van der Waals surface area contributed by atoms with Crippen molar-refractivity contribution in [2.45, 2.75) is 12.8 Å². The van der Waals surface area contributed by atoms with E-state index in [2.05, 4.69) is 15.9 Å². The van der Waals surface area contributed by atoms with Crippen LogP contribution in [0.1, 0.15) is 12.0 Å². The zero-order valence-electron chi connectivity index (χ0n) is 11.4. The fourth-order valence-corrected chi connectivity index (χ4v) is 2.03. The van der Waals surface area contributed by atoms with Gasteiger partial charge < -0.3 is 19.9 Å². The number of hydrogen-bond donors (Lipinski definition) is 1. The fourth-order valence-electron chi connectivity index (χ4n) is 1.58. The molecule has 0 aliphatic rings. The first-order valence-electron chi connectivity index (χ1n) is 6.46. The summed E-state index contributed by atoms with van der Waals surface area (Å²) in [6.45, 7) is 3.24. The van der Waals surface area contributed by atoms with Gasteiger partial charge in [0.25, 0.3) is 0 Å². The predicted molar refractivity (Wildman–Crippen MR) is 79.7 cm³/mol. The van der Waals surface area contributed by atoms with E-state index in [1.54, 1.807) is 7.11 Å². The largest absolute Gasteiger partial charge is 0.493 e. The van der Waals surface area contributed by atoms with Crippen LogP contribution in [0.2, 0.25) is 0 Å². The second-order valence-electron chi connectivity index (χ2n) is 4.10. The molecule has 0 aliphatic heterocycles. The molecule has 108 valence electrons. The van der Waals surface area contributed by atoms with Crippen LogP contribution in [0, 0.1) is 0 Å². The highest BCUT2D eigenvalue weighted by Gasteiger charge is 2.02. The number of rotatable bonds is 10. The van der Waals surface area contributed by atoms with Gasteiger partial charge in [0.1, 0.15) is 5.75 Å². The van der Waals surface area contributed by atoms with Crippen molar-refractivity contribution in [1.29, 1.82) is 0 Å². The van der Waals surface area contributed by atoms with Crippen molar-refractivity contribution in [2.24, 2.45) is 5.73 Å². The summed E-state index contributed by atoms with van der Waals surface area (Å²) in [6.07, 6.45) is 1.71. The van der Waals surface area contributed by atoms with E-state index in [1.165, 1.54) is 5.56 Å². The molecular formula is C14H22BrNO3. The third-order valence-corrected chi connectivity index (χ3v) is 3.34. The Hall–Kier alpha value is -0.620. The minimum Gasteiger partial charge on any atom is -0.493 e. The molecule has 0 amide bonds. The average Bonchev–Trinajstić information content (AvgIpc) is 2.41. The Kier molecular flexibility index (Phi) is 8.82. The van der Waals surface area contributed by atoms with Gasteiger partial charge in [-0.15, -0.1) is 0 Å². The van der Waals surface area contributed by atoms with Crippen molar-refractivity contribution in [3.63, 3.8) is 0 Å². The first kappa shape index (κ1) is 16.4. The molecule has 0 fully saturated rings. The molecule has 0 atom stereocenters. The van der Waals surface area contributed by atoms with E-state index in [-0.39, 0.29) is 0 Å². The maximum absolute atomic E-state index is 5.68. The highest BCUT2D eigenvalue weighted by molar-refractivity contribution is 9.10. The molecule has 0 unspecified atom stereocenters. The van der Waals surface area contributed by atoms with Crippen LogP contribution < -0.4 is 10.5 Å². The molecule has 4 nitrogen and oxygen atoms in total. The summed E-state index contributed by atoms with van der Waals surface area (Å²) >= 11 is 3.51. The lowest BCUT2D eigenvalue weighted by Gasteiger charge is -2.09. The van der Waals surface area contributed by atoms with Crippen molar-refractivity contribution in [1.82, 2.24) is 0 Å². The molecule has 19 heavy (non-hydrogen) atoms. The molecule has 0 aromatic heterocycles. The lowest BCUT2D eigenvalue weighted by atomic mass is 10.1. The van der Waals surface area contributed by atoms with E-state index in [4.69, 9.17) is 19.9 Å². The molecule has 0 saturated heterocycles. The van der Waals surface area contributed by atoms with Gasteiger partial charge in [-0.3, -0.25) is 0 Å². The van der Waals surface area contributed by atoms with Gasteiger partial charge in [0.05, 0.1) is 19.8 Å². The highest BCUT2D eigenvalue weighted by atomic mass is 79.9. The Balaban J connectivity index is 2.23. The molecule has 1 aromatic carbocycles. The number of ether oxygens (including phenoxy) is 3. The molecule has 0 bridgehead atoms. The van der Waals surface area contributed by atoms with Crippen LogP contribution in [0.5, 0.6) is 5.75 Å². The van der Waals surface area contributed by atoms with E-state index in [0.717, 1.165) is 23.1 Å². The molecule has 0 aliphatic carbocycles. The SMILES string of the molecule is COCCOCCCOc1ccc(Br)c(CCN)c1. The summed E-state index contributed by atoms with van der Waals surface area (Å²) in [5.41, 5.74) is 6.75. The summed E-state index contributed by atoms with van der Waals surface area (Å²) in [7, 11) is 1.67. The van der Waals surface area contributed by atoms with Crippen molar-refractivity contribution >= 4 is 15.9 Å². The van der Waals surface area contributed by atoms with Gasteiger partial charge in [0.2, 0.25) is 0 Å². The van der Waals surface area contributed by atoms with Crippen LogP contribution in [0.15, 0.2) is 22.7 Å². The summed E-state index contributed by atoms with van der Waals surface area (Å²) in [5, 5.41) is 0. The topological polar surface area (TPSA) is 53.7 Å². The van der Waals surface area contributed by atoms with E-state index < -0.39 is 0 Å². The van der Waals surface area contributed by atoms with Crippen LogP contribution in [-0.4, -0.2) is 40.1 Å². The zero-order chi connectivity index (χ0) is 13.9. The molecule has 0 radical (unpaired) electrons. The van der Waals surface area contributed by atoms with Gasteiger partial charge in [-0.2, -0.15) is 0 Å². The van der Waals surface area contributed by atoms with Crippen molar-refractivity contribution < 1.29 is 14.2 Å². The van der Waals surface area contributed by atoms with Crippen molar-refractivity contribution in [3.8, 4) is 5.75 Å². The Morgan fingerprint density at radius 3 is 2.74 bits per heavy atom. The fraction of sp³-hybridized carbons (Fsp3) is 0.571. The summed E-state index contributed by atoms with van der Waals surface area (Å²) in [5.74, 6) is 0.878. The van der Waals surface area contributed by atoms with Gasteiger partial charge in [-0.05, 0) is 36.7 Å². The Morgan fingerprint density at radius 1 is 1.16 bits per heavy atom. The van der Waals surface area contributed by atoms with E-state index >= 15 is 0 Å². The lowest BCUT2D eigenvalue weighted by molar-refractivity contribution is 0.0644. The third kappa shape index (κ3) is 6.92. The minimum absolute atomic E-state index is 0.634. The molecule has 0 spiro atoms.